The van der Waals surface area contributed by atoms with E-state index in [1.165, 1.54) is 11.1 Å². The van der Waals surface area contributed by atoms with Gasteiger partial charge >= 0.3 is 0 Å². The van der Waals surface area contributed by atoms with Crippen molar-refractivity contribution in [2.24, 2.45) is 0 Å². The highest BCUT2D eigenvalue weighted by atomic mass is 35.5. The molecule has 0 aliphatic carbocycles. The molecule has 1 atom stereocenters. The van der Waals surface area contributed by atoms with Crippen LogP contribution in [0.3, 0.4) is 0 Å². The summed E-state index contributed by atoms with van der Waals surface area (Å²) in [6.45, 7) is 6.38. The van der Waals surface area contributed by atoms with Crippen molar-refractivity contribution in [3.8, 4) is 0 Å². The third-order valence-corrected chi connectivity index (χ3v) is 4.05. The van der Waals surface area contributed by atoms with Crippen LogP contribution in [0.25, 0.3) is 0 Å². The Bertz CT molecular complexity index is 589. The molecule has 1 heterocycles. The molecule has 0 amide bonds. The summed E-state index contributed by atoms with van der Waals surface area (Å²) in [7, 11) is 1.98. The zero-order chi connectivity index (χ0) is 15.4. The molecule has 0 saturated carbocycles. The van der Waals surface area contributed by atoms with Crippen LogP contribution in [-0.4, -0.2) is 16.8 Å². The number of halogens is 1. The lowest BCUT2D eigenvalue weighted by atomic mass is 10.0. The average molecular weight is 306 g/mol. The van der Waals surface area contributed by atoms with E-state index in [1.807, 2.05) is 11.7 Å². The van der Waals surface area contributed by atoms with Crippen molar-refractivity contribution >= 4 is 11.6 Å². The lowest BCUT2D eigenvalue weighted by Gasteiger charge is -2.20. The molecule has 0 saturated heterocycles. The number of benzene rings is 1. The number of hydrogen-bond donors (Lipinski definition) is 1. The van der Waals surface area contributed by atoms with Crippen LogP contribution in [0.15, 0.2) is 30.5 Å². The maximum atomic E-state index is 6.35. The fourth-order valence-corrected chi connectivity index (χ4v) is 2.95. The van der Waals surface area contributed by atoms with Gasteiger partial charge in [-0.2, -0.15) is 5.10 Å². The molecular weight excluding hydrogens is 282 g/mol. The Hall–Kier alpha value is -1.32. The minimum absolute atomic E-state index is 0.211. The van der Waals surface area contributed by atoms with E-state index >= 15 is 0 Å². The number of nitrogens with one attached hydrogen (secondary N) is 1. The van der Waals surface area contributed by atoms with Crippen LogP contribution in [0, 0.1) is 6.92 Å². The first-order chi connectivity index (χ1) is 10.0. The van der Waals surface area contributed by atoms with Gasteiger partial charge in [0.15, 0.2) is 0 Å². The van der Waals surface area contributed by atoms with Crippen molar-refractivity contribution in [1.29, 1.82) is 0 Å². The smallest absolute Gasteiger partial charge is 0.0834 e. The van der Waals surface area contributed by atoms with Gasteiger partial charge in [0.25, 0.3) is 0 Å². The van der Waals surface area contributed by atoms with Crippen LogP contribution in [0.5, 0.6) is 0 Å². The molecular formula is C17H24ClN3. The third-order valence-electron chi connectivity index (χ3n) is 3.76. The second-order valence-electron chi connectivity index (χ2n) is 5.79. The minimum Gasteiger partial charge on any atom is -0.312 e. The molecule has 2 rings (SSSR count). The van der Waals surface area contributed by atoms with E-state index in [2.05, 4.69) is 55.5 Å². The zero-order valence-corrected chi connectivity index (χ0v) is 14.0. The Balaban J connectivity index is 2.15. The van der Waals surface area contributed by atoms with Gasteiger partial charge in [0.2, 0.25) is 0 Å². The maximum Gasteiger partial charge on any atom is 0.0834 e. The van der Waals surface area contributed by atoms with Gasteiger partial charge in [-0.1, -0.05) is 41.4 Å². The predicted molar refractivity (Wildman–Crippen MR) is 88.9 cm³/mol. The second kappa shape index (κ2) is 7.10. The summed E-state index contributed by atoms with van der Waals surface area (Å²) in [6, 6.07) is 9.19. The lowest BCUT2D eigenvalue weighted by Crippen LogP contribution is -2.22. The molecule has 4 heteroatoms. The molecule has 0 aliphatic rings. The Morgan fingerprint density at radius 2 is 2.10 bits per heavy atom. The molecule has 0 radical (unpaired) electrons. The number of nitrogens with zero attached hydrogens (tertiary/aromatic N) is 2. The monoisotopic (exact) mass is 305 g/mol. The first kappa shape index (κ1) is 16.1. The highest BCUT2D eigenvalue weighted by Gasteiger charge is 2.20. The van der Waals surface area contributed by atoms with E-state index in [-0.39, 0.29) is 6.04 Å². The minimum atomic E-state index is 0.211. The molecule has 0 fully saturated rings. The van der Waals surface area contributed by atoms with Crippen LogP contribution in [-0.2, 0) is 6.42 Å². The average Bonchev–Trinajstić information content (AvgIpc) is 2.82. The quantitative estimate of drug-likeness (QED) is 0.861. The normalized spacial score (nSPS) is 12.9. The number of aryl methyl sites for hydroxylation is 2. The van der Waals surface area contributed by atoms with E-state index in [9.17, 15) is 0 Å². The Kier molecular flexibility index (Phi) is 5.43. The Labute approximate surface area is 132 Å². The second-order valence-corrected chi connectivity index (χ2v) is 6.19. The summed E-state index contributed by atoms with van der Waals surface area (Å²) < 4.78 is 2.01. The summed E-state index contributed by atoms with van der Waals surface area (Å²) in [5.41, 5.74) is 3.75. The molecule has 1 unspecified atom stereocenters. The summed E-state index contributed by atoms with van der Waals surface area (Å²) in [6.07, 6.45) is 3.76. The third kappa shape index (κ3) is 3.86. The fourth-order valence-electron chi connectivity index (χ4n) is 2.68. The topological polar surface area (TPSA) is 29.9 Å². The van der Waals surface area contributed by atoms with E-state index < -0.39 is 0 Å². The van der Waals surface area contributed by atoms with Gasteiger partial charge in [-0.05, 0) is 46.2 Å². The van der Waals surface area contributed by atoms with Crippen LogP contribution >= 0.6 is 11.6 Å². The number of hydrogen-bond acceptors (Lipinski definition) is 2. The van der Waals surface area contributed by atoms with Crippen molar-refractivity contribution in [3.05, 3.63) is 52.3 Å². The zero-order valence-electron chi connectivity index (χ0n) is 13.2. The van der Waals surface area contributed by atoms with Gasteiger partial charge in [-0.15, -0.1) is 0 Å². The van der Waals surface area contributed by atoms with Gasteiger partial charge in [0, 0.05) is 6.04 Å². The predicted octanol–water partition coefficient (Wildman–Crippen LogP) is 4.32. The molecule has 21 heavy (non-hydrogen) atoms. The van der Waals surface area contributed by atoms with E-state index in [0.29, 0.717) is 6.04 Å². The van der Waals surface area contributed by atoms with Gasteiger partial charge in [0.1, 0.15) is 0 Å². The largest absolute Gasteiger partial charge is 0.312 e. The molecule has 3 nitrogen and oxygen atoms in total. The maximum absolute atomic E-state index is 6.35. The molecule has 0 aliphatic heterocycles. The van der Waals surface area contributed by atoms with E-state index in [4.69, 9.17) is 11.6 Å². The lowest BCUT2D eigenvalue weighted by molar-refractivity contribution is 0.447. The Morgan fingerprint density at radius 3 is 2.71 bits per heavy atom. The summed E-state index contributed by atoms with van der Waals surface area (Å²) in [5.74, 6) is 0. The summed E-state index contributed by atoms with van der Waals surface area (Å²) in [4.78, 5) is 0. The van der Waals surface area contributed by atoms with Gasteiger partial charge in [-0.25, -0.2) is 0 Å². The van der Waals surface area contributed by atoms with Crippen molar-refractivity contribution < 1.29 is 0 Å². The van der Waals surface area contributed by atoms with Crippen molar-refractivity contribution in [2.75, 3.05) is 7.05 Å². The summed E-state index contributed by atoms with van der Waals surface area (Å²) in [5, 5.41) is 8.52. The van der Waals surface area contributed by atoms with Crippen LogP contribution < -0.4 is 5.32 Å². The molecule has 1 aromatic heterocycles. The SMILES string of the molecule is CNC(CCc1cccc(C)c1)c1c(Cl)cnn1C(C)C. The number of rotatable bonds is 6. The molecule has 0 spiro atoms. The highest BCUT2D eigenvalue weighted by Crippen LogP contribution is 2.28. The first-order valence-electron chi connectivity index (χ1n) is 7.48. The van der Waals surface area contributed by atoms with Crippen molar-refractivity contribution in [3.63, 3.8) is 0 Å². The van der Waals surface area contributed by atoms with Crippen molar-refractivity contribution in [2.45, 2.75) is 45.7 Å². The van der Waals surface area contributed by atoms with Gasteiger partial charge < -0.3 is 5.32 Å². The highest BCUT2D eigenvalue weighted by molar-refractivity contribution is 6.31. The number of aromatic nitrogens is 2. The summed E-state index contributed by atoms with van der Waals surface area (Å²) >= 11 is 6.35. The van der Waals surface area contributed by atoms with E-state index in [1.54, 1.807) is 6.20 Å². The first-order valence-corrected chi connectivity index (χ1v) is 7.86. The molecule has 1 N–H and O–H groups in total. The molecule has 114 valence electrons. The molecule has 2 aromatic rings. The fraction of sp³-hybridized carbons (Fsp3) is 0.471. The van der Waals surface area contributed by atoms with Crippen molar-refractivity contribution in [1.82, 2.24) is 15.1 Å². The van der Waals surface area contributed by atoms with Gasteiger partial charge in [-0.3, -0.25) is 4.68 Å². The van der Waals surface area contributed by atoms with E-state index in [0.717, 1.165) is 23.6 Å². The molecule has 0 bridgehead atoms. The van der Waals surface area contributed by atoms with Gasteiger partial charge in [0.05, 0.1) is 23.0 Å². The molecule has 1 aromatic carbocycles. The van der Waals surface area contributed by atoms with Crippen LogP contribution in [0.1, 0.15) is 49.2 Å². The van der Waals surface area contributed by atoms with Crippen LogP contribution in [0.2, 0.25) is 5.02 Å². The van der Waals surface area contributed by atoms with Crippen LogP contribution in [0.4, 0.5) is 0 Å². The standard InChI is InChI=1S/C17H24ClN3/c1-12(2)21-17(15(18)11-20-21)16(19-4)9-8-14-7-5-6-13(3)10-14/h5-7,10-12,16,19H,8-9H2,1-4H3. The Morgan fingerprint density at radius 1 is 1.33 bits per heavy atom.